The summed E-state index contributed by atoms with van der Waals surface area (Å²) in [5, 5.41) is 10.6. The van der Waals surface area contributed by atoms with Gasteiger partial charge in [0.25, 0.3) is 5.69 Å². The Labute approximate surface area is 87.5 Å². The fourth-order valence-corrected chi connectivity index (χ4v) is 1.51. The lowest BCUT2D eigenvalue weighted by molar-refractivity contribution is -0.383. The molecule has 16 heavy (non-hydrogen) atoms. The van der Waals surface area contributed by atoms with E-state index in [0.29, 0.717) is 5.56 Å². The van der Waals surface area contributed by atoms with Crippen LogP contribution < -0.4 is 11.4 Å². The number of aromatic nitrogens is 1. The molecule has 82 valence electrons. The zero-order valence-corrected chi connectivity index (χ0v) is 8.14. The summed E-state index contributed by atoms with van der Waals surface area (Å²) in [5.41, 5.74) is -0.924. The number of fused-ring (bicyclic) bond motifs is 1. The number of nitrogens with one attached hydrogen (secondary N) is 1. The number of hydrogen-bond acceptors (Lipinski definition) is 5. The van der Waals surface area contributed by atoms with Crippen LogP contribution in [0.2, 0.25) is 0 Å². The molecule has 0 aliphatic heterocycles. The van der Waals surface area contributed by atoms with Gasteiger partial charge in [0.1, 0.15) is 0 Å². The van der Waals surface area contributed by atoms with Gasteiger partial charge in [-0.05, 0) is 13.0 Å². The van der Waals surface area contributed by atoms with Crippen LogP contribution in [-0.4, -0.2) is 9.91 Å². The second-order valence-electron chi connectivity index (χ2n) is 3.21. The average Bonchev–Trinajstić information content (AvgIpc) is 2.18. The van der Waals surface area contributed by atoms with Crippen molar-refractivity contribution in [3.8, 4) is 0 Å². The molecule has 2 aromatic rings. The number of aromatic amines is 1. The Hall–Kier alpha value is -2.44. The van der Waals surface area contributed by atoms with Crippen molar-refractivity contribution in [2.45, 2.75) is 6.92 Å². The predicted molar refractivity (Wildman–Crippen MR) is 54.5 cm³/mol. The molecule has 0 radical (unpaired) electrons. The van der Waals surface area contributed by atoms with Gasteiger partial charge >= 0.3 is 11.4 Å². The molecule has 0 atom stereocenters. The highest BCUT2D eigenvalue weighted by atomic mass is 16.6. The summed E-state index contributed by atoms with van der Waals surface area (Å²) in [4.78, 5) is 34.6. The maximum atomic E-state index is 11.4. The molecule has 0 bridgehead atoms. The summed E-state index contributed by atoms with van der Waals surface area (Å²) in [7, 11) is 0. The summed E-state index contributed by atoms with van der Waals surface area (Å²) >= 11 is 0. The largest absolute Gasteiger partial charge is 0.419 e. The van der Waals surface area contributed by atoms with Gasteiger partial charge in [-0.2, -0.15) is 0 Å². The molecule has 0 aliphatic rings. The maximum Gasteiger partial charge on any atom is 0.419 e. The second-order valence-corrected chi connectivity index (χ2v) is 3.21. The van der Waals surface area contributed by atoms with Crippen molar-refractivity contribution in [1.29, 1.82) is 0 Å². The van der Waals surface area contributed by atoms with Gasteiger partial charge in [0.05, 0.1) is 10.4 Å². The van der Waals surface area contributed by atoms with E-state index in [1.165, 1.54) is 19.1 Å². The number of benzene rings is 1. The molecular weight excluding hydrogens is 216 g/mol. The van der Waals surface area contributed by atoms with Gasteiger partial charge in [0.2, 0.25) is 0 Å². The van der Waals surface area contributed by atoms with Crippen LogP contribution in [0.4, 0.5) is 5.69 Å². The zero-order valence-electron chi connectivity index (χ0n) is 8.14. The monoisotopic (exact) mass is 222 g/mol. The molecule has 7 heteroatoms. The number of hydrogen-bond donors (Lipinski definition) is 1. The van der Waals surface area contributed by atoms with Crippen LogP contribution in [-0.2, 0) is 0 Å². The molecule has 0 spiro atoms. The van der Waals surface area contributed by atoms with Crippen LogP contribution in [0.1, 0.15) is 5.56 Å². The highest BCUT2D eigenvalue weighted by molar-refractivity contribution is 5.88. The third-order valence-corrected chi connectivity index (χ3v) is 2.19. The van der Waals surface area contributed by atoms with Gasteiger partial charge in [-0.15, -0.1) is 0 Å². The van der Waals surface area contributed by atoms with Gasteiger partial charge in [0, 0.05) is 5.56 Å². The number of H-pyrrole nitrogens is 1. The van der Waals surface area contributed by atoms with E-state index in [2.05, 4.69) is 9.40 Å². The fourth-order valence-electron chi connectivity index (χ4n) is 1.51. The van der Waals surface area contributed by atoms with Crippen LogP contribution in [0.3, 0.4) is 0 Å². The highest BCUT2D eigenvalue weighted by Crippen LogP contribution is 2.24. The quantitative estimate of drug-likeness (QED) is 0.564. The molecule has 0 saturated carbocycles. The van der Waals surface area contributed by atoms with Crippen LogP contribution >= 0.6 is 0 Å². The Kier molecular flexibility index (Phi) is 2.08. The summed E-state index contributed by atoms with van der Waals surface area (Å²) in [6.45, 7) is 1.50. The first-order valence-corrected chi connectivity index (χ1v) is 4.32. The summed E-state index contributed by atoms with van der Waals surface area (Å²) in [5.74, 6) is -0.935. The molecule has 1 heterocycles. The van der Waals surface area contributed by atoms with Crippen molar-refractivity contribution in [3.05, 3.63) is 48.8 Å². The maximum absolute atomic E-state index is 11.4. The van der Waals surface area contributed by atoms with Crippen molar-refractivity contribution in [2.24, 2.45) is 0 Å². The zero-order chi connectivity index (χ0) is 11.9. The first-order valence-electron chi connectivity index (χ1n) is 4.32. The van der Waals surface area contributed by atoms with E-state index in [4.69, 9.17) is 0 Å². The number of nitro groups is 1. The molecule has 2 rings (SSSR count). The van der Waals surface area contributed by atoms with E-state index in [1.54, 1.807) is 0 Å². The van der Waals surface area contributed by atoms with Crippen molar-refractivity contribution < 1.29 is 9.34 Å². The molecule has 0 aliphatic carbocycles. The standard InChI is InChI=1S/C9H6N2O5/c1-4-2-3-5-6(7(4)11(14)15)8(12)16-9(13)10-5/h2-3H,1H3,(H,10,13). The molecule has 7 nitrogen and oxygen atoms in total. The summed E-state index contributed by atoms with van der Waals surface area (Å²) < 4.78 is 4.27. The topological polar surface area (TPSA) is 106 Å². The first-order chi connectivity index (χ1) is 7.50. The van der Waals surface area contributed by atoms with E-state index in [1.807, 2.05) is 0 Å². The minimum atomic E-state index is -1.01. The third kappa shape index (κ3) is 1.38. The normalized spacial score (nSPS) is 10.6. The van der Waals surface area contributed by atoms with Crippen molar-refractivity contribution in [2.75, 3.05) is 0 Å². The smallest absolute Gasteiger partial charge is 0.372 e. The SMILES string of the molecule is Cc1ccc2[nH]c(=O)oc(=O)c2c1[N+](=O)[O-]. The Bertz CT molecular complexity index is 697. The molecule has 0 unspecified atom stereocenters. The van der Waals surface area contributed by atoms with Crippen LogP contribution in [0.15, 0.2) is 26.1 Å². The highest BCUT2D eigenvalue weighted by Gasteiger charge is 2.20. The minimum Gasteiger partial charge on any atom is -0.372 e. The van der Waals surface area contributed by atoms with Crippen LogP contribution in [0.25, 0.3) is 10.9 Å². The van der Waals surface area contributed by atoms with Gasteiger partial charge in [0.15, 0.2) is 5.39 Å². The molecule has 0 fully saturated rings. The van der Waals surface area contributed by atoms with E-state index in [-0.39, 0.29) is 16.6 Å². The Balaban J connectivity index is 3.10. The number of aryl methyl sites for hydroxylation is 1. The summed E-state index contributed by atoms with van der Waals surface area (Å²) in [6.07, 6.45) is 0. The lowest BCUT2D eigenvalue weighted by Crippen LogP contribution is -2.15. The molecular formula is C9H6N2O5. The van der Waals surface area contributed by atoms with E-state index >= 15 is 0 Å². The van der Waals surface area contributed by atoms with E-state index in [9.17, 15) is 19.7 Å². The first kappa shape index (κ1) is 10.1. The van der Waals surface area contributed by atoms with Crippen LogP contribution in [0, 0.1) is 17.0 Å². The fraction of sp³-hybridized carbons (Fsp3) is 0.111. The second kappa shape index (κ2) is 3.30. The lowest BCUT2D eigenvalue weighted by atomic mass is 10.1. The Morgan fingerprint density at radius 2 is 2.06 bits per heavy atom. The molecule has 1 aromatic carbocycles. The Morgan fingerprint density at radius 3 is 2.69 bits per heavy atom. The summed E-state index contributed by atoms with van der Waals surface area (Å²) in [6, 6.07) is 2.88. The average molecular weight is 222 g/mol. The molecule has 1 aromatic heterocycles. The van der Waals surface area contributed by atoms with Crippen molar-refractivity contribution in [1.82, 2.24) is 4.98 Å². The van der Waals surface area contributed by atoms with Gasteiger partial charge < -0.3 is 4.42 Å². The lowest BCUT2D eigenvalue weighted by Gasteiger charge is -1.99. The van der Waals surface area contributed by atoms with Gasteiger partial charge in [-0.3, -0.25) is 15.1 Å². The molecule has 0 saturated heterocycles. The van der Waals surface area contributed by atoms with Crippen LogP contribution in [0.5, 0.6) is 0 Å². The number of nitrogens with zero attached hydrogens (tertiary/aromatic N) is 1. The minimum absolute atomic E-state index is 0.0959. The van der Waals surface area contributed by atoms with Gasteiger partial charge in [-0.1, -0.05) is 6.07 Å². The van der Waals surface area contributed by atoms with E-state index < -0.39 is 16.3 Å². The predicted octanol–water partition coefficient (Wildman–Crippen LogP) is 0.698. The molecule has 0 amide bonds. The van der Waals surface area contributed by atoms with Crippen molar-refractivity contribution in [3.63, 3.8) is 0 Å². The molecule has 1 N–H and O–H groups in total. The van der Waals surface area contributed by atoms with E-state index in [0.717, 1.165) is 0 Å². The number of nitro benzene ring substituents is 1. The Morgan fingerprint density at radius 1 is 1.38 bits per heavy atom. The van der Waals surface area contributed by atoms with Gasteiger partial charge in [-0.25, -0.2) is 9.59 Å². The number of rotatable bonds is 1. The van der Waals surface area contributed by atoms with Crippen molar-refractivity contribution >= 4 is 16.6 Å². The third-order valence-electron chi connectivity index (χ3n) is 2.19.